The third-order valence-electron chi connectivity index (χ3n) is 3.93. The van der Waals surface area contributed by atoms with Crippen molar-refractivity contribution in [2.24, 2.45) is 4.99 Å². The van der Waals surface area contributed by atoms with Gasteiger partial charge in [-0.25, -0.2) is 9.79 Å². The first-order valence-corrected chi connectivity index (χ1v) is 8.73. The maximum Gasteiger partial charge on any atom is 0.363 e. The number of carbonyl (C=O) groups excluding carboxylic acids is 1. The van der Waals surface area contributed by atoms with Crippen molar-refractivity contribution < 1.29 is 14.3 Å². The van der Waals surface area contributed by atoms with Crippen molar-refractivity contribution in [2.75, 3.05) is 7.11 Å². The normalized spacial score (nSPS) is 15.5. The van der Waals surface area contributed by atoms with Crippen LogP contribution in [-0.4, -0.2) is 19.0 Å². The second-order valence-corrected chi connectivity index (χ2v) is 6.86. The zero-order valence-corrected chi connectivity index (χ0v) is 15.8. The molecule has 0 bridgehead atoms. The first-order chi connectivity index (χ1) is 12.0. The highest BCUT2D eigenvalue weighted by atomic mass is 79.9. The van der Waals surface area contributed by atoms with E-state index in [1.54, 1.807) is 25.3 Å². The standard InChI is InChI=1S/C20H18BrNO3/c1-12(2)14-6-4-13(5-7-14)10-17-20(23)25-19(22-17)15-8-9-18(24-3)16(21)11-15/h4-12H,1-3H3/b17-10+. The molecule has 5 heteroatoms. The zero-order chi connectivity index (χ0) is 18.0. The number of hydrogen-bond acceptors (Lipinski definition) is 4. The minimum absolute atomic E-state index is 0.290. The Balaban J connectivity index is 1.88. The van der Waals surface area contributed by atoms with Crippen LogP contribution in [0.1, 0.15) is 36.5 Å². The van der Waals surface area contributed by atoms with Crippen LogP contribution in [0.15, 0.2) is 57.6 Å². The fourth-order valence-corrected chi connectivity index (χ4v) is 3.01. The van der Waals surface area contributed by atoms with Crippen molar-refractivity contribution in [3.8, 4) is 5.75 Å². The van der Waals surface area contributed by atoms with Crippen LogP contribution in [0.4, 0.5) is 0 Å². The van der Waals surface area contributed by atoms with E-state index in [9.17, 15) is 4.79 Å². The number of hydrogen-bond donors (Lipinski definition) is 0. The number of carbonyl (C=O) groups is 1. The number of cyclic esters (lactones) is 1. The summed E-state index contributed by atoms with van der Waals surface area (Å²) in [5, 5.41) is 0. The molecule has 0 aliphatic carbocycles. The number of rotatable bonds is 4. The molecule has 0 N–H and O–H groups in total. The molecule has 0 fully saturated rings. The third kappa shape index (κ3) is 3.82. The van der Waals surface area contributed by atoms with Gasteiger partial charge < -0.3 is 9.47 Å². The molecule has 3 rings (SSSR count). The molecule has 0 saturated heterocycles. The van der Waals surface area contributed by atoms with Crippen LogP contribution < -0.4 is 4.74 Å². The summed E-state index contributed by atoms with van der Waals surface area (Å²) in [4.78, 5) is 16.4. The molecule has 1 heterocycles. The summed E-state index contributed by atoms with van der Waals surface area (Å²) in [5.74, 6) is 1.01. The Morgan fingerprint density at radius 2 is 1.88 bits per heavy atom. The van der Waals surface area contributed by atoms with Crippen molar-refractivity contribution >= 4 is 33.9 Å². The number of methoxy groups -OCH3 is 1. The zero-order valence-electron chi connectivity index (χ0n) is 14.2. The molecule has 0 spiro atoms. The highest BCUT2D eigenvalue weighted by Gasteiger charge is 2.24. The van der Waals surface area contributed by atoms with Gasteiger partial charge in [-0.15, -0.1) is 0 Å². The van der Waals surface area contributed by atoms with E-state index in [-0.39, 0.29) is 0 Å². The summed E-state index contributed by atoms with van der Waals surface area (Å²) in [7, 11) is 1.60. The van der Waals surface area contributed by atoms with E-state index in [1.165, 1.54) is 5.56 Å². The van der Waals surface area contributed by atoms with Crippen LogP contribution in [0.25, 0.3) is 6.08 Å². The minimum atomic E-state index is -0.449. The summed E-state index contributed by atoms with van der Waals surface area (Å²) in [6.45, 7) is 4.29. The van der Waals surface area contributed by atoms with Gasteiger partial charge in [0.2, 0.25) is 5.90 Å². The van der Waals surface area contributed by atoms with Gasteiger partial charge in [-0.3, -0.25) is 0 Å². The van der Waals surface area contributed by atoms with Crippen molar-refractivity contribution in [1.82, 2.24) is 0 Å². The Hall–Kier alpha value is -2.40. The van der Waals surface area contributed by atoms with E-state index in [2.05, 4.69) is 46.9 Å². The summed E-state index contributed by atoms with van der Waals surface area (Å²) in [5.41, 5.74) is 3.17. The highest BCUT2D eigenvalue weighted by Crippen LogP contribution is 2.28. The Kier molecular flexibility index (Phi) is 5.04. The lowest BCUT2D eigenvalue weighted by molar-refractivity contribution is -0.129. The molecule has 0 unspecified atom stereocenters. The van der Waals surface area contributed by atoms with E-state index >= 15 is 0 Å². The monoisotopic (exact) mass is 399 g/mol. The SMILES string of the molecule is COc1ccc(C2=N/C(=C/c3ccc(C(C)C)cc3)C(=O)O2)cc1Br. The molecule has 0 amide bonds. The van der Waals surface area contributed by atoms with Gasteiger partial charge in [0.1, 0.15) is 5.75 Å². The van der Waals surface area contributed by atoms with Gasteiger partial charge >= 0.3 is 5.97 Å². The number of halogens is 1. The Morgan fingerprint density at radius 1 is 1.16 bits per heavy atom. The maximum absolute atomic E-state index is 12.1. The fourth-order valence-electron chi connectivity index (χ4n) is 2.47. The van der Waals surface area contributed by atoms with Crippen molar-refractivity contribution in [3.05, 3.63) is 69.3 Å². The first kappa shape index (κ1) is 17.4. The van der Waals surface area contributed by atoms with Crippen LogP contribution >= 0.6 is 15.9 Å². The van der Waals surface area contributed by atoms with E-state index in [1.807, 2.05) is 18.2 Å². The maximum atomic E-state index is 12.1. The van der Waals surface area contributed by atoms with Gasteiger partial charge in [-0.05, 0) is 57.2 Å². The molecule has 1 aliphatic heterocycles. The van der Waals surface area contributed by atoms with Gasteiger partial charge in [-0.2, -0.15) is 0 Å². The Morgan fingerprint density at radius 3 is 2.48 bits per heavy atom. The smallest absolute Gasteiger partial charge is 0.363 e. The number of esters is 1. The van der Waals surface area contributed by atoms with Gasteiger partial charge in [0.05, 0.1) is 11.6 Å². The number of aliphatic imine (C=N–C) groups is 1. The molecule has 0 saturated carbocycles. The molecule has 0 atom stereocenters. The Bertz CT molecular complexity index is 867. The summed E-state index contributed by atoms with van der Waals surface area (Å²) in [6, 6.07) is 13.5. The second-order valence-electron chi connectivity index (χ2n) is 6.01. The van der Waals surface area contributed by atoms with Gasteiger partial charge in [0.25, 0.3) is 0 Å². The molecule has 2 aromatic rings. The second kappa shape index (κ2) is 7.23. The minimum Gasteiger partial charge on any atom is -0.496 e. The molecule has 0 radical (unpaired) electrons. The lowest BCUT2D eigenvalue weighted by Gasteiger charge is -2.05. The largest absolute Gasteiger partial charge is 0.496 e. The average Bonchev–Trinajstić information content (AvgIpc) is 2.96. The molecule has 1 aliphatic rings. The Labute approximate surface area is 155 Å². The van der Waals surface area contributed by atoms with Crippen LogP contribution in [0, 0.1) is 0 Å². The topological polar surface area (TPSA) is 47.9 Å². The quantitative estimate of drug-likeness (QED) is 0.541. The molecular weight excluding hydrogens is 382 g/mol. The summed E-state index contributed by atoms with van der Waals surface area (Å²) >= 11 is 3.42. The van der Waals surface area contributed by atoms with E-state index < -0.39 is 5.97 Å². The molecule has 4 nitrogen and oxygen atoms in total. The molecule has 0 aromatic heterocycles. The van der Waals surface area contributed by atoms with E-state index in [0.717, 1.165) is 10.0 Å². The number of nitrogens with zero attached hydrogens (tertiary/aromatic N) is 1. The lowest BCUT2D eigenvalue weighted by Crippen LogP contribution is -2.05. The average molecular weight is 400 g/mol. The number of ether oxygens (including phenoxy) is 2. The summed E-state index contributed by atoms with van der Waals surface area (Å²) in [6.07, 6.45) is 1.73. The van der Waals surface area contributed by atoms with Crippen LogP contribution in [-0.2, 0) is 9.53 Å². The molecular formula is C20H18BrNO3. The summed E-state index contributed by atoms with van der Waals surface area (Å²) < 4.78 is 11.3. The van der Waals surface area contributed by atoms with Crippen molar-refractivity contribution in [2.45, 2.75) is 19.8 Å². The molecule has 128 valence electrons. The van der Waals surface area contributed by atoms with Gasteiger partial charge in [-0.1, -0.05) is 38.1 Å². The van der Waals surface area contributed by atoms with E-state index in [0.29, 0.717) is 28.8 Å². The predicted molar refractivity (Wildman–Crippen MR) is 102 cm³/mol. The van der Waals surface area contributed by atoms with Crippen molar-refractivity contribution in [1.29, 1.82) is 0 Å². The van der Waals surface area contributed by atoms with Crippen molar-refractivity contribution in [3.63, 3.8) is 0 Å². The lowest BCUT2D eigenvalue weighted by atomic mass is 10.0. The molecule has 2 aromatic carbocycles. The number of benzene rings is 2. The van der Waals surface area contributed by atoms with Crippen LogP contribution in [0.2, 0.25) is 0 Å². The van der Waals surface area contributed by atoms with E-state index in [4.69, 9.17) is 9.47 Å². The molecule has 25 heavy (non-hydrogen) atoms. The first-order valence-electron chi connectivity index (χ1n) is 7.94. The van der Waals surface area contributed by atoms with Gasteiger partial charge in [0.15, 0.2) is 5.70 Å². The third-order valence-corrected chi connectivity index (χ3v) is 4.55. The highest BCUT2D eigenvalue weighted by molar-refractivity contribution is 9.10. The van der Waals surface area contributed by atoms with Crippen LogP contribution in [0.5, 0.6) is 5.75 Å². The van der Waals surface area contributed by atoms with Crippen LogP contribution in [0.3, 0.4) is 0 Å². The fraction of sp³-hybridized carbons (Fsp3) is 0.200. The predicted octanol–water partition coefficient (Wildman–Crippen LogP) is 4.93. The van der Waals surface area contributed by atoms with Gasteiger partial charge in [0, 0.05) is 5.56 Å².